The summed E-state index contributed by atoms with van der Waals surface area (Å²) in [7, 11) is 0. The quantitative estimate of drug-likeness (QED) is 0.855. The zero-order valence-corrected chi connectivity index (χ0v) is 9.35. The lowest BCUT2D eigenvalue weighted by Gasteiger charge is -2.04. The Labute approximate surface area is 102 Å². The van der Waals surface area contributed by atoms with E-state index in [-0.39, 0.29) is 16.6 Å². The number of phenols is 1. The highest BCUT2D eigenvalue weighted by Crippen LogP contribution is 2.15. The zero-order valence-electron chi connectivity index (χ0n) is 8.59. The smallest absolute Gasteiger partial charge is 0.275 e. The molecule has 5 nitrogen and oxygen atoms in total. The summed E-state index contributed by atoms with van der Waals surface area (Å²) in [6.45, 7) is 0. The Morgan fingerprint density at radius 2 is 2.12 bits per heavy atom. The van der Waals surface area contributed by atoms with Gasteiger partial charge in [0.25, 0.3) is 5.91 Å². The standard InChI is InChI=1S/C11H8ClN3O2/c12-10-6-13-9(5-14-10)11(17)15-7-2-1-3-8(16)4-7/h1-6,16H,(H,15,17). The van der Waals surface area contributed by atoms with Crippen LogP contribution in [0.1, 0.15) is 10.5 Å². The molecule has 2 N–H and O–H groups in total. The third-order valence-electron chi connectivity index (χ3n) is 1.96. The second-order valence-corrected chi connectivity index (χ2v) is 3.62. The topological polar surface area (TPSA) is 75.1 Å². The van der Waals surface area contributed by atoms with Gasteiger partial charge in [-0.2, -0.15) is 0 Å². The second-order valence-electron chi connectivity index (χ2n) is 3.23. The van der Waals surface area contributed by atoms with Crippen LogP contribution in [-0.2, 0) is 0 Å². The van der Waals surface area contributed by atoms with Crippen molar-refractivity contribution in [3.63, 3.8) is 0 Å². The molecule has 0 bridgehead atoms. The molecule has 0 unspecified atom stereocenters. The van der Waals surface area contributed by atoms with E-state index in [9.17, 15) is 9.90 Å². The molecule has 1 heterocycles. The Balaban J connectivity index is 2.14. The van der Waals surface area contributed by atoms with Gasteiger partial charge < -0.3 is 10.4 Å². The fraction of sp³-hybridized carbons (Fsp3) is 0. The molecule has 0 fully saturated rings. The molecular formula is C11H8ClN3O2. The first-order valence-corrected chi connectivity index (χ1v) is 5.11. The molecule has 2 rings (SSSR count). The summed E-state index contributed by atoms with van der Waals surface area (Å²) >= 11 is 5.56. The number of carbonyl (C=O) groups is 1. The van der Waals surface area contributed by atoms with Crippen LogP contribution in [0, 0.1) is 0 Å². The van der Waals surface area contributed by atoms with Crippen LogP contribution in [-0.4, -0.2) is 21.0 Å². The highest BCUT2D eigenvalue weighted by Gasteiger charge is 2.08. The average molecular weight is 250 g/mol. The molecular weight excluding hydrogens is 242 g/mol. The van der Waals surface area contributed by atoms with Crippen molar-refractivity contribution in [1.29, 1.82) is 0 Å². The van der Waals surface area contributed by atoms with Crippen LogP contribution in [0.25, 0.3) is 0 Å². The van der Waals surface area contributed by atoms with Crippen LogP contribution in [0.15, 0.2) is 36.7 Å². The van der Waals surface area contributed by atoms with Crippen molar-refractivity contribution >= 4 is 23.2 Å². The van der Waals surface area contributed by atoms with Crippen LogP contribution >= 0.6 is 11.6 Å². The van der Waals surface area contributed by atoms with Gasteiger partial charge in [0.05, 0.1) is 12.4 Å². The predicted molar refractivity (Wildman–Crippen MR) is 63.1 cm³/mol. The largest absolute Gasteiger partial charge is 0.508 e. The lowest BCUT2D eigenvalue weighted by atomic mass is 10.3. The van der Waals surface area contributed by atoms with E-state index >= 15 is 0 Å². The van der Waals surface area contributed by atoms with Crippen LogP contribution in [0.4, 0.5) is 5.69 Å². The summed E-state index contributed by atoms with van der Waals surface area (Å²) in [5.74, 6) is -0.343. The Kier molecular flexibility index (Phi) is 3.20. The molecule has 0 aliphatic heterocycles. The third-order valence-corrected chi connectivity index (χ3v) is 2.15. The fourth-order valence-corrected chi connectivity index (χ4v) is 1.31. The van der Waals surface area contributed by atoms with Crippen molar-refractivity contribution in [2.45, 2.75) is 0 Å². The van der Waals surface area contributed by atoms with Gasteiger partial charge in [0.15, 0.2) is 0 Å². The number of carbonyl (C=O) groups excluding carboxylic acids is 1. The summed E-state index contributed by atoms with van der Waals surface area (Å²) < 4.78 is 0. The molecule has 1 amide bonds. The van der Waals surface area contributed by atoms with Crippen molar-refractivity contribution in [1.82, 2.24) is 9.97 Å². The van der Waals surface area contributed by atoms with Gasteiger partial charge in [-0.15, -0.1) is 0 Å². The summed E-state index contributed by atoms with van der Waals surface area (Å²) in [6.07, 6.45) is 2.57. The molecule has 0 saturated carbocycles. The summed E-state index contributed by atoms with van der Waals surface area (Å²) in [4.78, 5) is 19.3. The number of hydrogen-bond donors (Lipinski definition) is 2. The van der Waals surface area contributed by atoms with Gasteiger partial charge >= 0.3 is 0 Å². The van der Waals surface area contributed by atoms with E-state index < -0.39 is 5.91 Å². The lowest BCUT2D eigenvalue weighted by Crippen LogP contribution is -2.13. The van der Waals surface area contributed by atoms with Crippen LogP contribution in [0.2, 0.25) is 5.15 Å². The number of phenolic OH excluding ortho intramolecular Hbond substituents is 1. The van der Waals surface area contributed by atoms with Gasteiger partial charge in [-0.3, -0.25) is 4.79 Å². The fourth-order valence-electron chi connectivity index (χ4n) is 1.21. The molecule has 86 valence electrons. The number of nitrogens with one attached hydrogen (secondary N) is 1. The van der Waals surface area contributed by atoms with E-state index in [4.69, 9.17) is 11.6 Å². The van der Waals surface area contributed by atoms with E-state index in [1.54, 1.807) is 12.1 Å². The zero-order chi connectivity index (χ0) is 12.3. The Hall–Kier alpha value is -2.14. The summed E-state index contributed by atoms with van der Waals surface area (Å²) in [5, 5.41) is 12.0. The Bertz CT molecular complexity index is 543. The van der Waals surface area contributed by atoms with Crippen molar-refractivity contribution in [3.8, 4) is 5.75 Å². The maximum absolute atomic E-state index is 11.7. The number of halogens is 1. The van der Waals surface area contributed by atoms with Gasteiger partial charge in [-0.05, 0) is 12.1 Å². The number of anilines is 1. The molecule has 2 aromatic rings. The number of rotatable bonds is 2. The van der Waals surface area contributed by atoms with E-state index in [1.807, 2.05) is 0 Å². The number of amides is 1. The number of nitrogens with zero attached hydrogens (tertiary/aromatic N) is 2. The third kappa shape index (κ3) is 2.92. The first kappa shape index (κ1) is 11.3. The highest BCUT2D eigenvalue weighted by molar-refractivity contribution is 6.29. The van der Waals surface area contributed by atoms with Gasteiger partial charge in [0.1, 0.15) is 16.6 Å². The minimum Gasteiger partial charge on any atom is -0.508 e. The van der Waals surface area contributed by atoms with Gasteiger partial charge in [-0.25, -0.2) is 9.97 Å². The lowest BCUT2D eigenvalue weighted by molar-refractivity contribution is 0.102. The van der Waals surface area contributed by atoms with Crippen molar-refractivity contribution < 1.29 is 9.90 Å². The van der Waals surface area contributed by atoms with E-state index in [0.29, 0.717) is 5.69 Å². The summed E-state index contributed by atoms with van der Waals surface area (Å²) in [5.41, 5.74) is 0.629. The maximum atomic E-state index is 11.7. The van der Waals surface area contributed by atoms with E-state index in [2.05, 4.69) is 15.3 Å². The van der Waals surface area contributed by atoms with Crippen molar-refractivity contribution in [2.24, 2.45) is 0 Å². The van der Waals surface area contributed by atoms with Crippen LogP contribution in [0.5, 0.6) is 5.75 Å². The van der Waals surface area contributed by atoms with Gasteiger partial charge in [0.2, 0.25) is 0 Å². The Morgan fingerprint density at radius 3 is 2.76 bits per heavy atom. The Morgan fingerprint density at radius 1 is 1.29 bits per heavy atom. The number of hydrogen-bond acceptors (Lipinski definition) is 4. The second kappa shape index (κ2) is 4.80. The monoisotopic (exact) mass is 249 g/mol. The van der Waals surface area contributed by atoms with Gasteiger partial charge in [0, 0.05) is 11.8 Å². The summed E-state index contributed by atoms with van der Waals surface area (Å²) in [6, 6.07) is 6.22. The van der Waals surface area contributed by atoms with Crippen molar-refractivity contribution in [3.05, 3.63) is 47.5 Å². The number of aromatic hydroxyl groups is 1. The number of aromatic nitrogens is 2. The minimum atomic E-state index is -0.417. The molecule has 1 aromatic heterocycles. The predicted octanol–water partition coefficient (Wildman–Crippen LogP) is 2.09. The molecule has 0 aliphatic carbocycles. The molecule has 0 saturated heterocycles. The first-order valence-electron chi connectivity index (χ1n) is 4.73. The SMILES string of the molecule is O=C(Nc1cccc(O)c1)c1cnc(Cl)cn1. The van der Waals surface area contributed by atoms with E-state index in [1.165, 1.54) is 24.5 Å². The molecule has 17 heavy (non-hydrogen) atoms. The minimum absolute atomic E-state index is 0.0741. The van der Waals surface area contributed by atoms with Crippen molar-refractivity contribution in [2.75, 3.05) is 5.32 Å². The normalized spacial score (nSPS) is 9.94. The molecule has 1 aromatic carbocycles. The molecule has 0 radical (unpaired) electrons. The average Bonchev–Trinajstić information content (AvgIpc) is 2.29. The maximum Gasteiger partial charge on any atom is 0.275 e. The highest BCUT2D eigenvalue weighted by atomic mass is 35.5. The van der Waals surface area contributed by atoms with Crippen LogP contribution < -0.4 is 5.32 Å². The molecule has 6 heteroatoms. The molecule has 0 atom stereocenters. The first-order chi connectivity index (χ1) is 8.15. The molecule has 0 aliphatic rings. The van der Waals surface area contributed by atoms with E-state index in [0.717, 1.165) is 0 Å². The molecule has 0 spiro atoms. The van der Waals surface area contributed by atoms with Gasteiger partial charge in [-0.1, -0.05) is 17.7 Å². The van der Waals surface area contributed by atoms with Crippen LogP contribution in [0.3, 0.4) is 0 Å². The number of benzene rings is 1.